The molecule has 0 atom stereocenters. The van der Waals surface area contributed by atoms with Gasteiger partial charge in [-0.2, -0.15) is 0 Å². The number of amides is 2. The van der Waals surface area contributed by atoms with Crippen molar-refractivity contribution in [3.8, 4) is 0 Å². The molecule has 1 N–H and O–H groups in total. The third-order valence-corrected chi connectivity index (χ3v) is 4.10. The van der Waals surface area contributed by atoms with E-state index in [1.165, 1.54) is 6.08 Å². The Balaban J connectivity index is 1.86. The molecule has 116 valence electrons. The highest BCUT2D eigenvalue weighted by Crippen LogP contribution is 2.31. The standard InChI is InChI=1S/C18H15ClN2O2/c1-2-17(22)20-13-7-8-14(15(19)11-13)18(23)21-10-9-12-5-3-4-6-16(12)21/h2-8,11H,1,9-10H2,(H,20,22). The third-order valence-electron chi connectivity index (χ3n) is 3.78. The number of carbonyl (C=O) groups excluding carboxylic acids is 2. The van der Waals surface area contributed by atoms with Gasteiger partial charge in [-0.1, -0.05) is 36.4 Å². The maximum Gasteiger partial charge on any atom is 0.259 e. The third kappa shape index (κ3) is 2.98. The number of carbonyl (C=O) groups is 2. The average molecular weight is 327 g/mol. The Labute approximate surface area is 139 Å². The van der Waals surface area contributed by atoms with Gasteiger partial charge in [-0.3, -0.25) is 9.59 Å². The largest absolute Gasteiger partial charge is 0.322 e. The molecule has 2 amide bonds. The second-order valence-electron chi connectivity index (χ2n) is 5.22. The minimum Gasteiger partial charge on any atom is -0.322 e. The van der Waals surface area contributed by atoms with Gasteiger partial charge in [0.1, 0.15) is 0 Å². The summed E-state index contributed by atoms with van der Waals surface area (Å²) in [6.07, 6.45) is 2.02. The highest BCUT2D eigenvalue weighted by Gasteiger charge is 2.26. The summed E-state index contributed by atoms with van der Waals surface area (Å²) in [5.74, 6) is -0.463. The topological polar surface area (TPSA) is 49.4 Å². The number of fused-ring (bicyclic) bond motifs is 1. The number of halogens is 1. The van der Waals surface area contributed by atoms with Crippen molar-refractivity contribution >= 4 is 34.8 Å². The molecule has 23 heavy (non-hydrogen) atoms. The molecule has 4 nitrogen and oxygen atoms in total. The van der Waals surface area contributed by atoms with E-state index in [0.717, 1.165) is 17.7 Å². The summed E-state index contributed by atoms with van der Waals surface area (Å²) in [4.78, 5) is 25.8. The molecule has 0 spiro atoms. The molecule has 0 saturated carbocycles. The Bertz CT molecular complexity index is 801. The van der Waals surface area contributed by atoms with E-state index < -0.39 is 0 Å². The summed E-state index contributed by atoms with van der Waals surface area (Å²) in [5.41, 5.74) is 3.03. The zero-order valence-electron chi connectivity index (χ0n) is 12.4. The Kier molecular flexibility index (Phi) is 4.17. The second-order valence-corrected chi connectivity index (χ2v) is 5.63. The smallest absolute Gasteiger partial charge is 0.259 e. The number of hydrogen-bond donors (Lipinski definition) is 1. The molecule has 5 heteroatoms. The zero-order chi connectivity index (χ0) is 16.4. The number of nitrogens with zero attached hydrogens (tertiary/aromatic N) is 1. The van der Waals surface area contributed by atoms with Crippen LogP contribution in [0.1, 0.15) is 15.9 Å². The first-order valence-electron chi connectivity index (χ1n) is 7.23. The van der Waals surface area contributed by atoms with Gasteiger partial charge in [0.25, 0.3) is 5.91 Å². The van der Waals surface area contributed by atoms with Crippen LogP contribution in [-0.4, -0.2) is 18.4 Å². The fourth-order valence-corrected chi connectivity index (χ4v) is 2.92. The molecule has 0 aromatic heterocycles. The van der Waals surface area contributed by atoms with Gasteiger partial charge in [0.05, 0.1) is 10.6 Å². The van der Waals surface area contributed by atoms with Crippen LogP contribution in [0.3, 0.4) is 0 Å². The quantitative estimate of drug-likeness (QED) is 0.875. The average Bonchev–Trinajstić information content (AvgIpc) is 2.98. The fraction of sp³-hybridized carbons (Fsp3) is 0.111. The van der Waals surface area contributed by atoms with Crippen molar-refractivity contribution in [1.82, 2.24) is 0 Å². The van der Waals surface area contributed by atoms with Crippen LogP contribution in [0.25, 0.3) is 0 Å². The number of para-hydroxylation sites is 1. The second kappa shape index (κ2) is 6.26. The van der Waals surface area contributed by atoms with E-state index in [-0.39, 0.29) is 11.8 Å². The van der Waals surface area contributed by atoms with Crippen LogP contribution in [-0.2, 0) is 11.2 Å². The summed E-state index contributed by atoms with van der Waals surface area (Å²) < 4.78 is 0. The lowest BCUT2D eigenvalue weighted by Gasteiger charge is -2.18. The van der Waals surface area contributed by atoms with E-state index in [4.69, 9.17) is 11.6 Å². The predicted octanol–water partition coefficient (Wildman–Crippen LogP) is 3.67. The minimum absolute atomic E-state index is 0.137. The van der Waals surface area contributed by atoms with E-state index >= 15 is 0 Å². The first kappa shape index (κ1) is 15.3. The number of anilines is 2. The summed E-state index contributed by atoms with van der Waals surface area (Å²) in [5, 5.41) is 2.92. The number of benzene rings is 2. The van der Waals surface area contributed by atoms with Crippen LogP contribution in [0.5, 0.6) is 0 Å². The van der Waals surface area contributed by atoms with Crippen molar-refractivity contribution in [3.63, 3.8) is 0 Å². The van der Waals surface area contributed by atoms with Gasteiger partial charge in [-0.25, -0.2) is 0 Å². The van der Waals surface area contributed by atoms with E-state index in [0.29, 0.717) is 22.8 Å². The summed E-state index contributed by atoms with van der Waals surface area (Å²) in [6.45, 7) is 4.04. The van der Waals surface area contributed by atoms with Crippen LogP contribution in [0.4, 0.5) is 11.4 Å². The molecule has 0 radical (unpaired) electrons. The number of rotatable bonds is 3. The lowest BCUT2D eigenvalue weighted by molar-refractivity contribution is -0.111. The Morgan fingerprint density at radius 3 is 2.74 bits per heavy atom. The van der Waals surface area contributed by atoms with Gasteiger partial charge in [0, 0.05) is 17.9 Å². The lowest BCUT2D eigenvalue weighted by Crippen LogP contribution is -2.29. The van der Waals surface area contributed by atoms with Crippen LogP contribution in [0.15, 0.2) is 55.1 Å². The Morgan fingerprint density at radius 2 is 2.00 bits per heavy atom. The lowest BCUT2D eigenvalue weighted by atomic mass is 10.1. The van der Waals surface area contributed by atoms with Gasteiger partial charge in [-0.15, -0.1) is 0 Å². The predicted molar refractivity (Wildman–Crippen MR) is 92.1 cm³/mol. The first-order chi connectivity index (χ1) is 11.1. The molecule has 0 aliphatic carbocycles. The van der Waals surface area contributed by atoms with Crippen molar-refractivity contribution in [2.75, 3.05) is 16.8 Å². The Hall–Kier alpha value is -2.59. The van der Waals surface area contributed by atoms with E-state index in [1.54, 1.807) is 23.1 Å². The van der Waals surface area contributed by atoms with Gasteiger partial charge < -0.3 is 10.2 Å². The van der Waals surface area contributed by atoms with Crippen molar-refractivity contribution in [3.05, 3.63) is 71.3 Å². The van der Waals surface area contributed by atoms with Crippen LogP contribution < -0.4 is 10.2 Å². The normalized spacial score (nSPS) is 12.7. The van der Waals surface area contributed by atoms with Crippen LogP contribution in [0, 0.1) is 0 Å². The summed E-state index contributed by atoms with van der Waals surface area (Å²) in [7, 11) is 0. The van der Waals surface area contributed by atoms with Gasteiger partial charge in [0.15, 0.2) is 0 Å². The first-order valence-corrected chi connectivity index (χ1v) is 7.60. The monoisotopic (exact) mass is 326 g/mol. The van der Waals surface area contributed by atoms with Crippen molar-refractivity contribution < 1.29 is 9.59 Å². The van der Waals surface area contributed by atoms with Crippen LogP contribution in [0.2, 0.25) is 5.02 Å². The molecule has 1 aliphatic rings. The molecule has 3 rings (SSSR count). The fourth-order valence-electron chi connectivity index (χ4n) is 2.65. The zero-order valence-corrected chi connectivity index (χ0v) is 13.1. The van der Waals surface area contributed by atoms with Crippen molar-refractivity contribution in [2.24, 2.45) is 0 Å². The molecular formula is C18H15ClN2O2. The number of nitrogens with one attached hydrogen (secondary N) is 1. The van der Waals surface area contributed by atoms with Crippen molar-refractivity contribution in [2.45, 2.75) is 6.42 Å². The SMILES string of the molecule is C=CC(=O)Nc1ccc(C(=O)N2CCc3ccccc32)c(Cl)c1. The molecule has 1 heterocycles. The highest BCUT2D eigenvalue weighted by molar-refractivity contribution is 6.35. The van der Waals surface area contributed by atoms with E-state index in [2.05, 4.69) is 11.9 Å². The highest BCUT2D eigenvalue weighted by atomic mass is 35.5. The van der Waals surface area contributed by atoms with Gasteiger partial charge >= 0.3 is 0 Å². The molecule has 2 aromatic rings. The van der Waals surface area contributed by atoms with E-state index in [1.807, 2.05) is 24.3 Å². The molecule has 0 bridgehead atoms. The molecule has 0 unspecified atom stereocenters. The molecule has 0 fully saturated rings. The number of hydrogen-bond acceptors (Lipinski definition) is 2. The van der Waals surface area contributed by atoms with Gasteiger partial charge in [-0.05, 0) is 42.3 Å². The maximum absolute atomic E-state index is 12.8. The van der Waals surface area contributed by atoms with Gasteiger partial charge in [0.2, 0.25) is 5.91 Å². The molecular weight excluding hydrogens is 312 g/mol. The summed E-state index contributed by atoms with van der Waals surface area (Å²) >= 11 is 6.23. The minimum atomic E-state index is -0.325. The maximum atomic E-state index is 12.8. The summed E-state index contributed by atoms with van der Waals surface area (Å²) in [6, 6.07) is 12.7. The van der Waals surface area contributed by atoms with E-state index in [9.17, 15) is 9.59 Å². The molecule has 1 aliphatic heterocycles. The Morgan fingerprint density at radius 1 is 1.22 bits per heavy atom. The molecule has 2 aromatic carbocycles. The van der Waals surface area contributed by atoms with Crippen LogP contribution >= 0.6 is 11.6 Å². The van der Waals surface area contributed by atoms with Crippen molar-refractivity contribution in [1.29, 1.82) is 0 Å². The molecule has 0 saturated heterocycles.